The second kappa shape index (κ2) is 5.25. The number of carboxylic acids is 1. The summed E-state index contributed by atoms with van der Waals surface area (Å²) >= 11 is 0. The number of aryl methyl sites for hydroxylation is 2. The van der Waals surface area contributed by atoms with Crippen LogP contribution in [-0.4, -0.2) is 45.7 Å². The summed E-state index contributed by atoms with van der Waals surface area (Å²) in [6.45, 7) is 4.29. The molecule has 1 fully saturated rings. The van der Waals surface area contributed by atoms with Crippen LogP contribution in [0, 0.1) is 13.8 Å². The maximum atomic E-state index is 12.5. The largest absolute Gasteiger partial charge is 0.479 e. The summed E-state index contributed by atoms with van der Waals surface area (Å²) in [6.07, 6.45) is 0.137. The van der Waals surface area contributed by atoms with Crippen LogP contribution in [0.4, 0.5) is 0 Å². The Morgan fingerprint density at radius 2 is 1.65 bits per heavy atom. The van der Waals surface area contributed by atoms with Crippen LogP contribution in [0.3, 0.4) is 0 Å². The normalized spacial score (nSPS) is 17.9. The number of aliphatic hydroxyl groups is 1. The summed E-state index contributed by atoms with van der Waals surface area (Å²) in [5.41, 5.74) is 0.800. The molecule has 0 saturated carbocycles. The molecule has 20 heavy (non-hydrogen) atoms. The van der Waals surface area contributed by atoms with Crippen molar-refractivity contribution >= 4 is 11.9 Å². The number of amides is 1. The van der Waals surface area contributed by atoms with E-state index in [-0.39, 0.29) is 31.8 Å². The molecule has 1 amide bonds. The predicted molar refractivity (Wildman–Crippen MR) is 73.6 cm³/mol. The van der Waals surface area contributed by atoms with E-state index < -0.39 is 11.6 Å². The first-order valence-corrected chi connectivity index (χ1v) is 6.66. The van der Waals surface area contributed by atoms with Gasteiger partial charge in [-0.1, -0.05) is 18.2 Å². The molecule has 1 aromatic carbocycles. The molecule has 0 aromatic heterocycles. The molecule has 1 aliphatic heterocycles. The van der Waals surface area contributed by atoms with Crippen molar-refractivity contribution in [2.24, 2.45) is 0 Å². The molecule has 2 N–H and O–H groups in total. The summed E-state index contributed by atoms with van der Waals surface area (Å²) in [7, 11) is 0. The smallest absolute Gasteiger partial charge is 0.335 e. The van der Waals surface area contributed by atoms with Gasteiger partial charge < -0.3 is 15.1 Å². The van der Waals surface area contributed by atoms with Crippen LogP contribution in [0.2, 0.25) is 0 Å². The maximum Gasteiger partial charge on any atom is 0.335 e. The lowest BCUT2D eigenvalue weighted by molar-refractivity contribution is -0.162. The number of hydrogen-bond donors (Lipinski definition) is 2. The molecule has 0 unspecified atom stereocenters. The summed E-state index contributed by atoms with van der Waals surface area (Å²) in [6, 6.07) is 5.68. The van der Waals surface area contributed by atoms with Crippen LogP contribution in [0.5, 0.6) is 0 Å². The average molecular weight is 277 g/mol. The molecular weight excluding hydrogens is 258 g/mol. The van der Waals surface area contributed by atoms with Crippen LogP contribution < -0.4 is 0 Å². The van der Waals surface area contributed by atoms with E-state index in [0.29, 0.717) is 5.56 Å². The van der Waals surface area contributed by atoms with Gasteiger partial charge in [0.2, 0.25) is 0 Å². The summed E-state index contributed by atoms with van der Waals surface area (Å²) in [4.78, 5) is 25.1. The molecule has 1 aromatic rings. The van der Waals surface area contributed by atoms with Gasteiger partial charge in [-0.05, 0) is 25.0 Å². The summed E-state index contributed by atoms with van der Waals surface area (Å²) in [5, 5.41) is 18.9. The number of aliphatic carboxylic acids is 1. The molecule has 0 aliphatic carbocycles. The van der Waals surface area contributed by atoms with E-state index in [2.05, 4.69) is 0 Å². The molecule has 1 aliphatic rings. The Labute approximate surface area is 117 Å². The van der Waals surface area contributed by atoms with E-state index in [1.165, 1.54) is 0 Å². The molecule has 1 heterocycles. The molecule has 108 valence electrons. The third-order valence-corrected chi connectivity index (χ3v) is 3.97. The van der Waals surface area contributed by atoms with Crippen molar-refractivity contribution < 1.29 is 19.8 Å². The first-order chi connectivity index (χ1) is 9.35. The lowest BCUT2D eigenvalue weighted by atomic mass is 9.91. The molecule has 0 atom stereocenters. The summed E-state index contributed by atoms with van der Waals surface area (Å²) < 4.78 is 0. The Bertz CT molecular complexity index is 525. The van der Waals surface area contributed by atoms with E-state index in [1.807, 2.05) is 32.0 Å². The van der Waals surface area contributed by atoms with Crippen molar-refractivity contribution in [2.75, 3.05) is 13.1 Å². The quantitative estimate of drug-likeness (QED) is 0.855. The third kappa shape index (κ3) is 2.54. The lowest BCUT2D eigenvalue weighted by Gasteiger charge is -2.35. The van der Waals surface area contributed by atoms with Gasteiger partial charge in [-0.3, -0.25) is 4.79 Å². The van der Waals surface area contributed by atoms with E-state index in [4.69, 9.17) is 5.11 Å². The number of likely N-dealkylation sites (tertiary alicyclic amines) is 1. The maximum absolute atomic E-state index is 12.5. The molecular formula is C15H19NO4. The summed E-state index contributed by atoms with van der Waals surface area (Å²) in [5.74, 6) is -1.30. The van der Waals surface area contributed by atoms with E-state index >= 15 is 0 Å². The molecule has 5 heteroatoms. The average Bonchev–Trinajstić information content (AvgIpc) is 2.39. The first-order valence-electron chi connectivity index (χ1n) is 6.66. The molecule has 0 bridgehead atoms. The highest BCUT2D eigenvalue weighted by atomic mass is 16.4. The Hall–Kier alpha value is -1.88. The van der Waals surface area contributed by atoms with Gasteiger partial charge in [-0.15, -0.1) is 0 Å². The van der Waals surface area contributed by atoms with E-state index in [9.17, 15) is 14.7 Å². The van der Waals surface area contributed by atoms with Crippen LogP contribution >= 0.6 is 0 Å². The molecule has 5 nitrogen and oxygen atoms in total. The minimum absolute atomic E-state index is 0.0685. The second-order valence-corrected chi connectivity index (χ2v) is 5.40. The fourth-order valence-electron chi connectivity index (χ4n) is 2.60. The zero-order valence-electron chi connectivity index (χ0n) is 11.7. The van der Waals surface area contributed by atoms with Crippen LogP contribution in [-0.2, 0) is 4.79 Å². The van der Waals surface area contributed by atoms with Crippen molar-refractivity contribution in [3.63, 3.8) is 0 Å². The number of rotatable bonds is 2. The fourth-order valence-corrected chi connectivity index (χ4v) is 2.60. The van der Waals surface area contributed by atoms with Gasteiger partial charge in [0.05, 0.1) is 0 Å². The zero-order valence-corrected chi connectivity index (χ0v) is 11.7. The van der Waals surface area contributed by atoms with Crippen molar-refractivity contribution in [3.05, 3.63) is 34.9 Å². The standard InChI is InChI=1S/C15H19NO4/c1-10-4-3-5-11(2)12(10)13(17)16-8-6-15(20,7-9-16)14(18)19/h3-5,20H,6-9H2,1-2H3,(H,18,19). The number of hydrogen-bond acceptors (Lipinski definition) is 3. The van der Waals surface area contributed by atoms with Gasteiger partial charge in [-0.25, -0.2) is 4.79 Å². The van der Waals surface area contributed by atoms with E-state index in [1.54, 1.807) is 4.90 Å². The van der Waals surface area contributed by atoms with Crippen LogP contribution in [0.25, 0.3) is 0 Å². The van der Waals surface area contributed by atoms with Gasteiger partial charge >= 0.3 is 5.97 Å². The van der Waals surface area contributed by atoms with Crippen molar-refractivity contribution in [2.45, 2.75) is 32.3 Å². The molecule has 0 radical (unpaired) electrons. The Balaban J connectivity index is 2.15. The van der Waals surface area contributed by atoms with Crippen LogP contribution in [0.1, 0.15) is 34.3 Å². The van der Waals surface area contributed by atoms with Crippen molar-refractivity contribution in [3.8, 4) is 0 Å². The highest BCUT2D eigenvalue weighted by Gasteiger charge is 2.40. The van der Waals surface area contributed by atoms with Gasteiger partial charge in [0.1, 0.15) is 0 Å². The number of carbonyl (C=O) groups excluding carboxylic acids is 1. The minimum Gasteiger partial charge on any atom is -0.479 e. The Morgan fingerprint density at radius 1 is 1.15 bits per heavy atom. The fraction of sp³-hybridized carbons (Fsp3) is 0.467. The topological polar surface area (TPSA) is 77.8 Å². The number of piperidine rings is 1. The highest BCUT2D eigenvalue weighted by Crippen LogP contribution is 2.25. The number of carbonyl (C=O) groups is 2. The number of benzene rings is 1. The Morgan fingerprint density at radius 3 is 2.10 bits per heavy atom. The first kappa shape index (κ1) is 14.5. The monoisotopic (exact) mass is 277 g/mol. The number of carboxylic acid groups (broad SMARTS) is 1. The minimum atomic E-state index is -1.70. The van der Waals surface area contributed by atoms with E-state index in [0.717, 1.165) is 11.1 Å². The lowest BCUT2D eigenvalue weighted by Crippen LogP contribution is -2.51. The molecule has 2 rings (SSSR count). The predicted octanol–water partition coefficient (Wildman–Crippen LogP) is 1.36. The van der Waals surface area contributed by atoms with Crippen molar-refractivity contribution in [1.29, 1.82) is 0 Å². The molecule has 1 saturated heterocycles. The Kier molecular flexibility index (Phi) is 3.81. The van der Waals surface area contributed by atoms with Gasteiger partial charge in [0.25, 0.3) is 5.91 Å². The highest BCUT2D eigenvalue weighted by molar-refractivity contribution is 5.97. The molecule has 0 spiro atoms. The van der Waals surface area contributed by atoms with Gasteiger partial charge in [-0.2, -0.15) is 0 Å². The number of nitrogens with zero attached hydrogens (tertiary/aromatic N) is 1. The van der Waals surface area contributed by atoms with Crippen LogP contribution in [0.15, 0.2) is 18.2 Å². The SMILES string of the molecule is Cc1cccc(C)c1C(=O)N1CCC(O)(C(=O)O)CC1. The zero-order chi connectivity index (χ0) is 14.9. The van der Waals surface area contributed by atoms with Crippen molar-refractivity contribution in [1.82, 2.24) is 4.90 Å². The third-order valence-electron chi connectivity index (χ3n) is 3.97. The second-order valence-electron chi connectivity index (χ2n) is 5.40. The van der Waals surface area contributed by atoms with Gasteiger partial charge in [0.15, 0.2) is 5.60 Å². The van der Waals surface area contributed by atoms with Gasteiger partial charge in [0, 0.05) is 31.5 Å².